The Bertz CT molecular complexity index is 1250. The Hall–Kier alpha value is -4.01. The van der Waals surface area contributed by atoms with Crippen LogP contribution in [0.5, 0.6) is 5.75 Å². The monoisotopic (exact) mass is 459 g/mol. The summed E-state index contributed by atoms with van der Waals surface area (Å²) in [6, 6.07) is 12.1. The molecule has 2 aromatic carbocycles. The number of aryl methyl sites for hydroxylation is 2. The van der Waals surface area contributed by atoms with Crippen LogP contribution in [0.2, 0.25) is 0 Å². The third-order valence-electron chi connectivity index (χ3n) is 6.43. The van der Waals surface area contributed by atoms with Gasteiger partial charge in [0.2, 0.25) is 11.8 Å². The quantitative estimate of drug-likeness (QED) is 0.414. The molecule has 1 atom stereocenters. The number of phenols is 1. The normalized spacial score (nSPS) is 17.7. The van der Waals surface area contributed by atoms with Crippen molar-refractivity contribution in [2.24, 2.45) is 0 Å². The lowest BCUT2D eigenvalue weighted by Crippen LogP contribution is -2.52. The van der Waals surface area contributed by atoms with Crippen LogP contribution >= 0.6 is 0 Å². The Morgan fingerprint density at radius 2 is 1.82 bits per heavy atom. The molecule has 34 heavy (non-hydrogen) atoms. The van der Waals surface area contributed by atoms with Gasteiger partial charge in [-0.1, -0.05) is 23.4 Å². The molecular formula is C25H25N5O4. The van der Waals surface area contributed by atoms with Crippen LogP contribution in [0.25, 0.3) is 5.69 Å². The first kappa shape index (κ1) is 21.8. The first-order valence-electron chi connectivity index (χ1n) is 11.5. The van der Waals surface area contributed by atoms with Crippen molar-refractivity contribution < 1.29 is 19.5 Å². The van der Waals surface area contributed by atoms with Gasteiger partial charge in [0, 0.05) is 24.1 Å². The topological polar surface area (TPSA) is 117 Å². The van der Waals surface area contributed by atoms with Crippen LogP contribution in [0, 0.1) is 0 Å². The first-order valence-corrected chi connectivity index (χ1v) is 11.5. The zero-order valence-corrected chi connectivity index (χ0v) is 18.6. The van der Waals surface area contributed by atoms with Crippen molar-refractivity contribution in [1.29, 1.82) is 0 Å². The summed E-state index contributed by atoms with van der Waals surface area (Å²) in [4.78, 5) is 38.4. The molecule has 2 N–H and O–H groups in total. The van der Waals surface area contributed by atoms with E-state index in [2.05, 4.69) is 15.6 Å². The summed E-state index contributed by atoms with van der Waals surface area (Å²) in [5.41, 5.74) is 4.18. The average molecular weight is 460 g/mol. The molecule has 3 heterocycles. The van der Waals surface area contributed by atoms with E-state index in [-0.39, 0.29) is 24.0 Å². The number of carbonyl (C=O) groups is 3. The fourth-order valence-corrected chi connectivity index (χ4v) is 4.61. The summed E-state index contributed by atoms with van der Waals surface area (Å²) in [5, 5.41) is 20.3. The maximum atomic E-state index is 13.0. The number of hydrogen-bond acceptors (Lipinski definition) is 6. The predicted octanol–water partition coefficient (Wildman–Crippen LogP) is 2.30. The van der Waals surface area contributed by atoms with Crippen LogP contribution in [-0.4, -0.2) is 48.8 Å². The van der Waals surface area contributed by atoms with Crippen molar-refractivity contribution in [3.05, 3.63) is 71.0 Å². The van der Waals surface area contributed by atoms with Crippen LogP contribution < -0.4 is 5.32 Å². The van der Waals surface area contributed by atoms with Crippen LogP contribution in [-0.2, 0) is 29.0 Å². The number of carbonyl (C=O) groups excluding carboxylic acids is 3. The minimum Gasteiger partial charge on any atom is -0.508 e. The highest BCUT2D eigenvalue weighted by molar-refractivity contribution is 6.05. The molecule has 0 spiro atoms. The summed E-state index contributed by atoms with van der Waals surface area (Å²) in [5.74, 6) is -0.658. The van der Waals surface area contributed by atoms with Gasteiger partial charge in [-0.05, 0) is 61.9 Å². The number of nitrogens with zero attached hydrogens (tertiary/aromatic N) is 4. The van der Waals surface area contributed by atoms with Crippen molar-refractivity contribution in [3.8, 4) is 11.4 Å². The zero-order valence-electron chi connectivity index (χ0n) is 18.6. The number of hydrogen-bond donors (Lipinski definition) is 2. The van der Waals surface area contributed by atoms with E-state index < -0.39 is 11.9 Å². The van der Waals surface area contributed by atoms with Gasteiger partial charge in [0.15, 0.2) is 0 Å². The van der Waals surface area contributed by atoms with E-state index in [4.69, 9.17) is 0 Å². The largest absolute Gasteiger partial charge is 0.508 e. The number of nitrogens with one attached hydrogen (secondary N) is 1. The van der Waals surface area contributed by atoms with Gasteiger partial charge in [-0.2, -0.15) is 0 Å². The van der Waals surface area contributed by atoms with Gasteiger partial charge < -0.3 is 10.0 Å². The second-order valence-corrected chi connectivity index (χ2v) is 8.73. The van der Waals surface area contributed by atoms with Gasteiger partial charge in [-0.3, -0.25) is 19.7 Å². The Kier molecular flexibility index (Phi) is 5.83. The van der Waals surface area contributed by atoms with Crippen LogP contribution in [0.15, 0.2) is 48.7 Å². The number of unbranched alkanes of at least 4 members (excludes halogenated alkanes) is 1. The Labute approximate surface area is 196 Å². The number of amides is 3. The van der Waals surface area contributed by atoms with Crippen molar-refractivity contribution in [2.75, 3.05) is 0 Å². The van der Waals surface area contributed by atoms with Gasteiger partial charge in [0.05, 0.1) is 17.6 Å². The molecule has 1 aromatic heterocycles. The number of fused-ring (bicyclic) bond motifs is 1. The smallest absolute Gasteiger partial charge is 0.255 e. The SMILES string of the molecule is O=C1CCC(N2Cc3c(cccc3-n3cc(CCCCc4ccc(O)cc4)nn3)C2=O)C(=O)N1. The van der Waals surface area contributed by atoms with Gasteiger partial charge in [-0.15, -0.1) is 5.10 Å². The minimum absolute atomic E-state index is 0.207. The molecule has 1 unspecified atom stereocenters. The van der Waals surface area contributed by atoms with Crippen molar-refractivity contribution in [3.63, 3.8) is 0 Å². The van der Waals surface area contributed by atoms with Gasteiger partial charge >= 0.3 is 0 Å². The number of phenolic OH excluding ortho intramolecular Hbond substituents is 1. The molecule has 0 radical (unpaired) electrons. The summed E-state index contributed by atoms with van der Waals surface area (Å²) < 4.78 is 1.69. The predicted molar refractivity (Wildman–Crippen MR) is 122 cm³/mol. The fraction of sp³-hybridized carbons (Fsp3) is 0.320. The zero-order chi connectivity index (χ0) is 23.7. The molecule has 5 rings (SSSR count). The van der Waals surface area contributed by atoms with Crippen LogP contribution in [0.1, 0.15) is 52.9 Å². The van der Waals surface area contributed by atoms with E-state index in [0.717, 1.165) is 42.6 Å². The lowest BCUT2D eigenvalue weighted by atomic mass is 10.0. The third-order valence-corrected chi connectivity index (χ3v) is 6.43. The van der Waals surface area contributed by atoms with E-state index in [0.29, 0.717) is 18.5 Å². The fourth-order valence-electron chi connectivity index (χ4n) is 4.61. The van der Waals surface area contributed by atoms with Crippen LogP contribution in [0.3, 0.4) is 0 Å². The highest BCUT2D eigenvalue weighted by atomic mass is 16.3. The standard InChI is InChI=1S/C25H25N5O4/c31-18-10-8-16(9-11-18)4-1-2-5-17-14-30(28-27-17)21-7-3-6-19-20(21)15-29(25(19)34)22-12-13-23(32)26-24(22)33/h3,6-11,14,22,31H,1-2,4-5,12-13,15H2,(H,26,32,33). The minimum atomic E-state index is -0.648. The summed E-state index contributed by atoms with van der Waals surface area (Å²) in [6.07, 6.45) is 6.10. The van der Waals surface area contributed by atoms with E-state index >= 15 is 0 Å². The highest BCUT2D eigenvalue weighted by Gasteiger charge is 2.40. The Morgan fingerprint density at radius 1 is 1.03 bits per heavy atom. The van der Waals surface area contributed by atoms with Gasteiger partial charge in [-0.25, -0.2) is 4.68 Å². The molecule has 1 saturated heterocycles. The molecule has 9 nitrogen and oxygen atoms in total. The molecule has 3 amide bonds. The molecule has 9 heteroatoms. The number of aromatic hydroxyl groups is 1. The molecule has 2 aliphatic heterocycles. The molecular weight excluding hydrogens is 434 g/mol. The molecule has 0 bridgehead atoms. The summed E-state index contributed by atoms with van der Waals surface area (Å²) >= 11 is 0. The number of aromatic nitrogens is 3. The highest BCUT2D eigenvalue weighted by Crippen LogP contribution is 2.31. The second kappa shape index (κ2) is 9.09. The molecule has 1 fully saturated rings. The summed E-state index contributed by atoms with van der Waals surface area (Å²) in [7, 11) is 0. The lowest BCUT2D eigenvalue weighted by Gasteiger charge is -2.29. The lowest BCUT2D eigenvalue weighted by molar-refractivity contribution is -0.136. The van der Waals surface area contributed by atoms with Gasteiger partial charge in [0.1, 0.15) is 11.8 Å². The number of rotatable bonds is 7. The van der Waals surface area contributed by atoms with Gasteiger partial charge in [0.25, 0.3) is 5.91 Å². The van der Waals surface area contributed by atoms with Crippen molar-refractivity contribution in [2.45, 2.75) is 51.1 Å². The first-order chi connectivity index (χ1) is 16.5. The van der Waals surface area contributed by atoms with E-state index in [9.17, 15) is 19.5 Å². The van der Waals surface area contributed by atoms with Crippen molar-refractivity contribution in [1.82, 2.24) is 25.2 Å². The molecule has 3 aromatic rings. The maximum absolute atomic E-state index is 13.0. The molecule has 174 valence electrons. The Balaban J connectivity index is 1.25. The second-order valence-electron chi connectivity index (χ2n) is 8.73. The maximum Gasteiger partial charge on any atom is 0.255 e. The number of imide groups is 1. The van der Waals surface area contributed by atoms with Crippen molar-refractivity contribution >= 4 is 17.7 Å². The molecule has 2 aliphatic rings. The van der Waals surface area contributed by atoms with E-state index in [1.165, 1.54) is 10.5 Å². The average Bonchev–Trinajstić information content (AvgIpc) is 3.43. The number of piperidine rings is 1. The van der Waals surface area contributed by atoms with E-state index in [1.54, 1.807) is 28.9 Å². The van der Waals surface area contributed by atoms with Crippen LogP contribution in [0.4, 0.5) is 0 Å². The third kappa shape index (κ3) is 4.28. The van der Waals surface area contributed by atoms with E-state index in [1.807, 2.05) is 24.4 Å². The summed E-state index contributed by atoms with van der Waals surface area (Å²) in [6.45, 7) is 0.290. The molecule has 0 aliphatic carbocycles. The Morgan fingerprint density at radius 3 is 2.62 bits per heavy atom. The molecule has 0 saturated carbocycles. The number of benzene rings is 2.